The van der Waals surface area contributed by atoms with Gasteiger partial charge in [-0.3, -0.25) is 14.9 Å². The van der Waals surface area contributed by atoms with E-state index >= 15 is 0 Å². The van der Waals surface area contributed by atoms with Crippen LogP contribution in [0.25, 0.3) is 5.82 Å². The number of H-pyrrole nitrogens is 1. The molecule has 20 heavy (non-hydrogen) atoms. The third-order valence-electron chi connectivity index (χ3n) is 2.85. The van der Waals surface area contributed by atoms with Gasteiger partial charge in [-0.25, -0.2) is 9.67 Å². The molecule has 0 spiro atoms. The molecule has 9 heteroatoms. The van der Waals surface area contributed by atoms with Crippen LogP contribution >= 0.6 is 11.6 Å². The molecule has 2 aromatic rings. The summed E-state index contributed by atoms with van der Waals surface area (Å²) in [5.74, 6) is 0.0927. The van der Waals surface area contributed by atoms with E-state index in [2.05, 4.69) is 15.1 Å². The van der Waals surface area contributed by atoms with Crippen LogP contribution in [0.2, 0.25) is 5.02 Å². The molecule has 0 bridgehead atoms. The minimum absolute atomic E-state index is 0.0480. The van der Waals surface area contributed by atoms with Crippen molar-refractivity contribution in [2.45, 2.75) is 26.7 Å². The first-order valence-electron chi connectivity index (χ1n) is 5.99. The van der Waals surface area contributed by atoms with Crippen LogP contribution in [-0.2, 0) is 12.8 Å². The Morgan fingerprint density at radius 2 is 2.15 bits per heavy atom. The predicted octanol–water partition coefficient (Wildman–Crippen LogP) is 1.64. The molecule has 0 unspecified atom stereocenters. The van der Waals surface area contributed by atoms with Crippen LogP contribution in [0.15, 0.2) is 11.1 Å². The second-order valence-corrected chi connectivity index (χ2v) is 4.37. The van der Waals surface area contributed by atoms with Gasteiger partial charge in [0.2, 0.25) is 0 Å². The fourth-order valence-electron chi connectivity index (χ4n) is 1.96. The van der Waals surface area contributed by atoms with Crippen molar-refractivity contribution in [1.82, 2.24) is 19.7 Å². The maximum atomic E-state index is 11.5. The van der Waals surface area contributed by atoms with Crippen LogP contribution in [0.1, 0.15) is 25.2 Å². The highest BCUT2D eigenvalue weighted by molar-refractivity contribution is 6.31. The third kappa shape index (κ3) is 2.18. The molecule has 0 amide bonds. The zero-order valence-corrected chi connectivity index (χ0v) is 11.6. The number of hydrogen-bond donors (Lipinski definition) is 1. The van der Waals surface area contributed by atoms with Gasteiger partial charge < -0.3 is 4.98 Å². The standard InChI is InChI=1S/C11H12ClN5O3/c1-3-6-9(17(19)20)7(4-2)16(15-6)10-8(12)11(18)14-5-13-10/h5H,3-4H2,1-2H3,(H,13,14,18). The second-order valence-electron chi connectivity index (χ2n) is 3.99. The van der Waals surface area contributed by atoms with Gasteiger partial charge in [0.05, 0.1) is 11.3 Å². The van der Waals surface area contributed by atoms with Gasteiger partial charge in [-0.2, -0.15) is 5.10 Å². The number of nitro groups is 1. The molecule has 0 aliphatic heterocycles. The molecule has 106 valence electrons. The lowest BCUT2D eigenvalue weighted by Crippen LogP contribution is -2.14. The highest BCUT2D eigenvalue weighted by Crippen LogP contribution is 2.27. The molecule has 0 radical (unpaired) electrons. The first-order valence-corrected chi connectivity index (χ1v) is 6.37. The van der Waals surface area contributed by atoms with E-state index in [0.717, 1.165) is 0 Å². The van der Waals surface area contributed by atoms with E-state index in [0.29, 0.717) is 24.2 Å². The number of aromatic amines is 1. The van der Waals surface area contributed by atoms with Crippen molar-refractivity contribution in [3.63, 3.8) is 0 Å². The summed E-state index contributed by atoms with van der Waals surface area (Å²) < 4.78 is 1.27. The first kappa shape index (κ1) is 14.2. The van der Waals surface area contributed by atoms with Crippen LogP contribution in [0.3, 0.4) is 0 Å². The van der Waals surface area contributed by atoms with Crippen LogP contribution in [0.5, 0.6) is 0 Å². The molecule has 0 saturated heterocycles. The van der Waals surface area contributed by atoms with E-state index in [-0.39, 0.29) is 16.5 Å². The number of nitrogens with one attached hydrogen (secondary N) is 1. The lowest BCUT2D eigenvalue weighted by Gasteiger charge is -2.04. The van der Waals surface area contributed by atoms with Gasteiger partial charge in [0.1, 0.15) is 11.4 Å². The average Bonchev–Trinajstić information content (AvgIpc) is 2.80. The van der Waals surface area contributed by atoms with Crippen molar-refractivity contribution < 1.29 is 4.92 Å². The molecule has 0 aromatic carbocycles. The molecule has 2 heterocycles. The summed E-state index contributed by atoms with van der Waals surface area (Å²) in [5, 5.41) is 15.2. The van der Waals surface area contributed by atoms with E-state index in [4.69, 9.17) is 11.6 Å². The predicted molar refractivity (Wildman–Crippen MR) is 72.4 cm³/mol. The summed E-state index contributed by atoms with van der Waals surface area (Å²) in [6.07, 6.45) is 1.95. The van der Waals surface area contributed by atoms with Crippen LogP contribution in [0.4, 0.5) is 5.69 Å². The third-order valence-corrected chi connectivity index (χ3v) is 3.19. The molecule has 2 aromatic heterocycles. The molecule has 1 N–H and O–H groups in total. The fourth-order valence-corrected chi connectivity index (χ4v) is 2.14. The van der Waals surface area contributed by atoms with Gasteiger partial charge in [-0.05, 0) is 12.8 Å². The second kappa shape index (κ2) is 5.41. The molecule has 0 aliphatic rings. The Kier molecular flexibility index (Phi) is 3.84. The van der Waals surface area contributed by atoms with Crippen LogP contribution in [-0.4, -0.2) is 24.7 Å². The molecular formula is C11H12ClN5O3. The smallest absolute Gasteiger partial charge is 0.312 e. The molecule has 8 nitrogen and oxygen atoms in total. The van der Waals surface area contributed by atoms with E-state index < -0.39 is 10.5 Å². The van der Waals surface area contributed by atoms with Gasteiger partial charge in [0.25, 0.3) is 5.56 Å². The largest absolute Gasteiger partial charge is 0.313 e. The Bertz CT molecular complexity index is 721. The monoisotopic (exact) mass is 297 g/mol. The number of aromatic nitrogens is 4. The fraction of sp³-hybridized carbons (Fsp3) is 0.364. The topological polar surface area (TPSA) is 107 Å². The van der Waals surface area contributed by atoms with Crippen molar-refractivity contribution >= 4 is 17.3 Å². The Balaban J connectivity index is 2.78. The Morgan fingerprint density at radius 3 is 2.70 bits per heavy atom. The zero-order chi connectivity index (χ0) is 14.9. The van der Waals surface area contributed by atoms with Crippen molar-refractivity contribution in [1.29, 1.82) is 0 Å². The number of aryl methyl sites for hydroxylation is 1. The highest BCUT2D eigenvalue weighted by Gasteiger charge is 2.27. The van der Waals surface area contributed by atoms with Crippen molar-refractivity contribution in [3.8, 4) is 5.82 Å². The van der Waals surface area contributed by atoms with E-state index in [1.54, 1.807) is 13.8 Å². The van der Waals surface area contributed by atoms with Gasteiger partial charge in [0, 0.05) is 0 Å². The van der Waals surface area contributed by atoms with E-state index in [1.165, 1.54) is 11.0 Å². The van der Waals surface area contributed by atoms with Gasteiger partial charge >= 0.3 is 5.69 Å². The minimum Gasteiger partial charge on any atom is -0.312 e. The van der Waals surface area contributed by atoms with Gasteiger partial charge in [-0.15, -0.1) is 0 Å². The van der Waals surface area contributed by atoms with E-state index in [1.807, 2.05) is 0 Å². The normalized spacial score (nSPS) is 10.8. The minimum atomic E-state index is -0.519. The summed E-state index contributed by atoms with van der Waals surface area (Å²) in [6.45, 7) is 3.53. The van der Waals surface area contributed by atoms with Crippen molar-refractivity contribution in [2.75, 3.05) is 0 Å². The Morgan fingerprint density at radius 1 is 1.45 bits per heavy atom. The maximum Gasteiger partial charge on any atom is 0.313 e. The molecule has 0 atom stereocenters. The molecule has 2 rings (SSSR count). The van der Waals surface area contributed by atoms with E-state index in [9.17, 15) is 14.9 Å². The summed E-state index contributed by atoms with van der Waals surface area (Å²) >= 11 is 5.90. The van der Waals surface area contributed by atoms with Crippen molar-refractivity contribution in [3.05, 3.63) is 43.2 Å². The lowest BCUT2D eigenvalue weighted by molar-refractivity contribution is -0.386. The zero-order valence-electron chi connectivity index (χ0n) is 10.9. The van der Waals surface area contributed by atoms with Crippen molar-refractivity contribution in [2.24, 2.45) is 0 Å². The molecule has 0 aliphatic carbocycles. The SMILES string of the molecule is CCc1nn(-c2nc[nH]c(=O)c2Cl)c(CC)c1[N+](=O)[O-]. The number of nitrogens with zero attached hydrogens (tertiary/aromatic N) is 4. The quantitative estimate of drug-likeness (QED) is 0.682. The summed E-state index contributed by atoms with van der Waals surface area (Å²) in [5.41, 5.74) is 0.139. The van der Waals surface area contributed by atoms with Crippen LogP contribution in [0, 0.1) is 10.1 Å². The molecular weight excluding hydrogens is 286 g/mol. The highest BCUT2D eigenvalue weighted by atomic mass is 35.5. The number of hydrogen-bond acceptors (Lipinski definition) is 5. The van der Waals surface area contributed by atoms with Gasteiger partial charge in [0.15, 0.2) is 10.8 Å². The summed E-state index contributed by atoms with van der Waals surface area (Å²) in [6, 6.07) is 0. The maximum absolute atomic E-state index is 11.5. The Hall–Kier alpha value is -2.22. The number of rotatable bonds is 4. The summed E-state index contributed by atoms with van der Waals surface area (Å²) in [4.78, 5) is 28.5. The van der Waals surface area contributed by atoms with Gasteiger partial charge in [-0.1, -0.05) is 25.4 Å². The van der Waals surface area contributed by atoms with Crippen LogP contribution < -0.4 is 5.56 Å². The number of halogens is 1. The first-order chi connectivity index (χ1) is 9.51. The lowest BCUT2D eigenvalue weighted by atomic mass is 10.2. The molecule has 0 fully saturated rings. The molecule has 0 saturated carbocycles. The summed E-state index contributed by atoms with van der Waals surface area (Å²) in [7, 11) is 0. The Labute approximate surface area is 118 Å². The average molecular weight is 298 g/mol.